The molecular formula is C10H18N2S2. The van der Waals surface area contributed by atoms with Crippen LogP contribution in [0.4, 0.5) is 0 Å². The Hall–Kier alpha value is -0.220. The zero-order valence-corrected chi connectivity index (χ0v) is 10.7. The molecule has 1 N–H and O–H groups in total. The molecule has 0 aromatic carbocycles. The molecule has 0 bridgehead atoms. The minimum atomic E-state index is 0.510. The highest BCUT2D eigenvalue weighted by atomic mass is 32.2. The van der Waals surface area contributed by atoms with E-state index in [9.17, 15) is 0 Å². The van der Waals surface area contributed by atoms with Crippen LogP contribution < -0.4 is 0 Å². The summed E-state index contributed by atoms with van der Waals surface area (Å²) >= 11 is 7.16. The molecular weight excluding hydrogens is 212 g/mol. The van der Waals surface area contributed by atoms with Gasteiger partial charge in [-0.1, -0.05) is 6.92 Å². The molecule has 2 nitrogen and oxygen atoms in total. The van der Waals surface area contributed by atoms with Crippen molar-refractivity contribution in [1.29, 1.82) is 0 Å². The maximum Gasteiger partial charge on any atom is 0.177 e. The summed E-state index contributed by atoms with van der Waals surface area (Å²) < 4.78 is 3.10. The van der Waals surface area contributed by atoms with E-state index < -0.39 is 0 Å². The molecule has 4 heteroatoms. The topological polar surface area (TPSA) is 20.7 Å². The molecule has 0 aliphatic carbocycles. The second kappa shape index (κ2) is 5.61. The van der Waals surface area contributed by atoms with Crippen molar-refractivity contribution in [2.45, 2.75) is 32.7 Å². The quantitative estimate of drug-likeness (QED) is 0.782. The molecule has 80 valence electrons. The molecule has 1 rings (SSSR count). The molecule has 1 unspecified atom stereocenters. The Morgan fingerprint density at radius 3 is 2.93 bits per heavy atom. The Balaban J connectivity index is 2.81. The molecule has 1 aromatic rings. The van der Waals surface area contributed by atoms with Crippen LogP contribution in [-0.2, 0) is 6.42 Å². The van der Waals surface area contributed by atoms with Crippen molar-refractivity contribution < 1.29 is 0 Å². The van der Waals surface area contributed by atoms with Gasteiger partial charge in [0.05, 0.1) is 0 Å². The monoisotopic (exact) mass is 230 g/mol. The Kier molecular flexibility index (Phi) is 4.75. The first-order valence-corrected chi connectivity index (χ1v) is 6.78. The summed E-state index contributed by atoms with van der Waals surface area (Å²) in [6, 6.07) is 0.510. The van der Waals surface area contributed by atoms with Crippen molar-refractivity contribution in [3.8, 4) is 0 Å². The lowest BCUT2D eigenvalue weighted by Gasteiger charge is -2.15. The van der Waals surface area contributed by atoms with Crippen LogP contribution in [0.3, 0.4) is 0 Å². The minimum absolute atomic E-state index is 0.510. The van der Waals surface area contributed by atoms with E-state index in [-0.39, 0.29) is 0 Å². The SMILES string of the molecule is CCc1c[nH]c(=S)n1C(C)CCSC. The molecule has 0 aliphatic heterocycles. The fourth-order valence-corrected chi connectivity index (χ4v) is 2.52. The number of H-pyrrole nitrogens is 1. The van der Waals surface area contributed by atoms with E-state index in [1.165, 1.54) is 17.9 Å². The van der Waals surface area contributed by atoms with Gasteiger partial charge < -0.3 is 9.55 Å². The van der Waals surface area contributed by atoms with Gasteiger partial charge in [0.1, 0.15) is 0 Å². The van der Waals surface area contributed by atoms with Gasteiger partial charge in [-0.05, 0) is 44.0 Å². The highest BCUT2D eigenvalue weighted by Gasteiger charge is 2.09. The fraction of sp³-hybridized carbons (Fsp3) is 0.700. The van der Waals surface area contributed by atoms with Gasteiger partial charge >= 0.3 is 0 Å². The predicted octanol–water partition coefficient (Wildman–Crippen LogP) is 3.42. The standard InChI is InChI=1S/C10H18N2S2/c1-4-9-7-11-10(13)12(9)8(2)5-6-14-3/h7-8H,4-6H2,1-3H3,(H,11,13). The minimum Gasteiger partial charge on any atom is -0.337 e. The molecule has 0 aliphatic rings. The fourth-order valence-electron chi connectivity index (χ4n) is 1.59. The van der Waals surface area contributed by atoms with Crippen LogP contribution in [-0.4, -0.2) is 21.6 Å². The average Bonchev–Trinajstić information content (AvgIpc) is 2.56. The van der Waals surface area contributed by atoms with E-state index in [4.69, 9.17) is 12.2 Å². The summed E-state index contributed by atoms with van der Waals surface area (Å²) in [5, 5.41) is 0. The molecule has 0 saturated carbocycles. The molecule has 0 spiro atoms. The number of nitrogens with one attached hydrogen (secondary N) is 1. The normalized spacial score (nSPS) is 13.1. The van der Waals surface area contributed by atoms with Crippen LogP contribution in [0, 0.1) is 4.77 Å². The van der Waals surface area contributed by atoms with Crippen molar-refractivity contribution in [3.05, 3.63) is 16.7 Å². The van der Waals surface area contributed by atoms with Crippen LogP contribution in [0.5, 0.6) is 0 Å². The lowest BCUT2D eigenvalue weighted by molar-refractivity contribution is 0.512. The third-order valence-corrected chi connectivity index (χ3v) is 3.39. The Bertz CT molecular complexity index is 327. The van der Waals surface area contributed by atoms with Crippen molar-refractivity contribution >= 4 is 24.0 Å². The second-order valence-electron chi connectivity index (χ2n) is 3.44. The number of aryl methyl sites for hydroxylation is 1. The molecule has 0 fully saturated rings. The van der Waals surface area contributed by atoms with Crippen LogP contribution in [0.25, 0.3) is 0 Å². The number of nitrogens with zero attached hydrogens (tertiary/aromatic N) is 1. The largest absolute Gasteiger partial charge is 0.337 e. The third kappa shape index (κ3) is 2.64. The van der Waals surface area contributed by atoms with Crippen LogP contribution in [0.15, 0.2) is 6.20 Å². The molecule has 0 amide bonds. The van der Waals surface area contributed by atoms with E-state index in [2.05, 4.69) is 29.7 Å². The molecule has 0 radical (unpaired) electrons. The Morgan fingerprint density at radius 2 is 2.36 bits per heavy atom. The highest BCUT2D eigenvalue weighted by molar-refractivity contribution is 7.98. The van der Waals surface area contributed by atoms with Gasteiger partial charge in [0.15, 0.2) is 4.77 Å². The number of hydrogen-bond donors (Lipinski definition) is 1. The van der Waals surface area contributed by atoms with Gasteiger partial charge in [-0.25, -0.2) is 0 Å². The summed E-state index contributed by atoms with van der Waals surface area (Å²) in [6.45, 7) is 4.40. The van der Waals surface area contributed by atoms with Gasteiger partial charge in [-0.3, -0.25) is 0 Å². The number of hydrogen-bond acceptors (Lipinski definition) is 2. The van der Waals surface area contributed by atoms with E-state index in [1.807, 2.05) is 18.0 Å². The Labute approximate surface area is 95.1 Å². The maximum absolute atomic E-state index is 5.27. The first-order chi connectivity index (χ1) is 6.70. The Morgan fingerprint density at radius 1 is 1.64 bits per heavy atom. The maximum atomic E-state index is 5.27. The second-order valence-corrected chi connectivity index (χ2v) is 4.81. The zero-order chi connectivity index (χ0) is 10.6. The lowest BCUT2D eigenvalue weighted by atomic mass is 10.2. The molecule has 1 heterocycles. The molecule has 0 saturated heterocycles. The van der Waals surface area contributed by atoms with Gasteiger partial charge in [-0.15, -0.1) is 0 Å². The van der Waals surface area contributed by atoms with Crippen LogP contribution in [0.1, 0.15) is 32.0 Å². The van der Waals surface area contributed by atoms with Crippen molar-refractivity contribution in [2.75, 3.05) is 12.0 Å². The summed E-state index contributed by atoms with van der Waals surface area (Å²) in [5.74, 6) is 1.19. The predicted molar refractivity (Wildman–Crippen MR) is 66.7 cm³/mol. The van der Waals surface area contributed by atoms with Gasteiger partial charge in [-0.2, -0.15) is 11.8 Å². The van der Waals surface area contributed by atoms with Crippen molar-refractivity contribution in [1.82, 2.24) is 9.55 Å². The molecule has 1 aromatic heterocycles. The molecule has 1 atom stereocenters. The van der Waals surface area contributed by atoms with E-state index in [0.29, 0.717) is 6.04 Å². The highest BCUT2D eigenvalue weighted by Crippen LogP contribution is 2.17. The van der Waals surface area contributed by atoms with Crippen LogP contribution >= 0.6 is 24.0 Å². The summed E-state index contributed by atoms with van der Waals surface area (Å²) in [5.41, 5.74) is 1.31. The number of aromatic nitrogens is 2. The smallest absolute Gasteiger partial charge is 0.177 e. The van der Waals surface area contributed by atoms with E-state index in [1.54, 1.807) is 0 Å². The summed E-state index contributed by atoms with van der Waals surface area (Å²) in [7, 11) is 0. The van der Waals surface area contributed by atoms with E-state index >= 15 is 0 Å². The molecule has 14 heavy (non-hydrogen) atoms. The average molecular weight is 230 g/mol. The first kappa shape index (κ1) is 11.9. The zero-order valence-electron chi connectivity index (χ0n) is 9.04. The summed E-state index contributed by atoms with van der Waals surface area (Å²) in [4.78, 5) is 3.12. The van der Waals surface area contributed by atoms with E-state index in [0.717, 1.165) is 11.2 Å². The van der Waals surface area contributed by atoms with Gasteiger partial charge in [0, 0.05) is 17.9 Å². The number of thioether (sulfide) groups is 1. The number of rotatable bonds is 5. The summed E-state index contributed by atoms with van der Waals surface area (Å²) in [6.07, 6.45) is 6.39. The van der Waals surface area contributed by atoms with Crippen LogP contribution in [0.2, 0.25) is 0 Å². The van der Waals surface area contributed by atoms with Crippen molar-refractivity contribution in [3.63, 3.8) is 0 Å². The number of imidazole rings is 1. The lowest BCUT2D eigenvalue weighted by Crippen LogP contribution is -2.09. The van der Waals surface area contributed by atoms with Gasteiger partial charge in [0.2, 0.25) is 0 Å². The van der Waals surface area contributed by atoms with Crippen molar-refractivity contribution in [2.24, 2.45) is 0 Å². The first-order valence-electron chi connectivity index (χ1n) is 4.98. The number of aromatic amines is 1. The third-order valence-electron chi connectivity index (χ3n) is 2.43. The van der Waals surface area contributed by atoms with Gasteiger partial charge in [0.25, 0.3) is 0 Å².